The number of aliphatic hydroxyl groups is 1. The molecule has 1 amide bonds. The fraction of sp³-hybridized carbons (Fsp3) is 0.429. The standard InChI is InChI=1S/C14H18N4O6/c1-7-3-17(13(23)15-10(7)19)5-9(12(21)22)6-18-4-8(2)11(20)16-14(18)24/h3-4,9,13,23H,5-6H2,1-2H3,(H,15,19)(H,21,22)(H,16,20,24). The normalized spacial score (nSPS) is 18.8. The molecule has 1 aromatic heterocycles. The van der Waals surface area contributed by atoms with E-state index in [9.17, 15) is 29.4 Å². The van der Waals surface area contributed by atoms with Crippen molar-refractivity contribution in [3.63, 3.8) is 0 Å². The lowest BCUT2D eigenvalue weighted by Crippen LogP contribution is -2.52. The zero-order valence-electron chi connectivity index (χ0n) is 13.1. The number of H-pyrrole nitrogens is 1. The van der Waals surface area contributed by atoms with Crippen molar-refractivity contribution in [1.82, 2.24) is 19.8 Å². The largest absolute Gasteiger partial charge is 0.481 e. The SMILES string of the molecule is CC1=CN(CC(Cn2cc(C)c(=O)[nH]c2=O)C(=O)O)C(O)NC1=O. The Balaban J connectivity index is 2.24. The van der Waals surface area contributed by atoms with Crippen LogP contribution in [0.2, 0.25) is 0 Å². The molecule has 4 N–H and O–H groups in total. The minimum absolute atomic E-state index is 0.140. The lowest BCUT2D eigenvalue weighted by Gasteiger charge is -2.33. The number of carboxylic acid groups (broad SMARTS) is 1. The minimum atomic E-state index is -1.35. The maximum absolute atomic E-state index is 11.8. The molecule has 0 radical (unpaired) electrons. The van der Waals surface area contributed by atoms with Crippen LogP contribution in [0.3, 0.4) is 0 Å². The summed E-state index contributed by atoms with van der Waals surface area (Å²) in [5.74, 6) is -2.68. The van der Waals surface area contributed by atoms with E-state index < -0.39 is 35.4 Å². The van der Waals surface area contributed by atoms with Gasteiger partial charge in [0.15, 0.2) is 0 Å². The van der Waals surface area contributed by atoms with Crippen LogP contribution in [0.25, 0.3) is 0 Å². The van der Waals surface area contributed by atoms with Crippen molar-refractivity contribution >= 4 is 11.9 Å². The third-order valence-corrected chi connectivity index (χ3v) is 3.68. The zero-order valence-corrected chi connectivity index (χ0v) is 13.1. The van der Waals surface area contributed by atoms with Crippen LogP contribution in [0, 0.1) is 12.8 Å². The second-order valence-corrected chi connectivity index (χ2v) is 5.61. The van der Waals surface area contributed by atoms with Gasteiger partial charge in [0.2, 0.25) is 6.35 Å². The number of nitrogens with zero attached hydrogens (tertiary/aromatic N) is 2. The van der Waals surface area contributed by atoms with Gasteiger partial charge in [-0.25, -0.2) is 4.79 Å². The maximum atomic E-state index is 11.8. The maximum Gasteiger partial charge on any atom is 0.328 e. The summed E-state index contributed by atoms with van der Waals surface area (Å²) < 4.78 is 1.10. The molecule has 1 aromatic rings. The van der Waals surface area contributed by atoms with Crippen LogP contribution >= 0.6 is 0 Å². The average molecular weight is 338 g/mol. The predicted octanol–water partition coefficient (Wildman–Crippen LogP) is -1.84. The van der Waals surface area contributed by atoms with Crippen LogP contribution in [-0.4, -0.2) is 49.4 Å². The number of carbonyl (C=O) groups is 2. The van der Waals surface area contributed by atoms with E-state index in [1.54, 1.807) is 0 Å². The summed E-state index contributed by atoms with van der Waals surface area (Å²) in [6.45, 7) is 2.69. The Bertz CT molecular complexity index is 808. The molecule has 2 heterocycles. The highest BCUT2D eigenvalue weighted by Gasteiger charge is 2.28. The van der Waals surface area contributed by atoms with Crippen LogP contribution in [0.1, 0.15) is 12.5 Å². The van der Waals surface area contributed by atoms with Crippen molar-refractivity contribution in [2.24, 2.45) is 5.92 Å². The van der Waals surface area contributed by atoms with Crippen molar-refractivity contribution in [3.05, 3.63) is 44.4 Å². The number of aromatic amines is 1. The fourth-order valence-electron chi connectivity index (χ4n) is 2.30. The fourth-order valence-corrected chi connectivity index (χ4v) is 2.30. The van der Waals surface area contributed by atoms with Crippen molar-refractivity contribution in [3.8, 4) is 0 Å². The summed E-state index contributed by atoms with van der Waals surface area (Å²) in [5.41, 5.74) is -0.645. The summed E-state index contributed by atoms with van der Waals surface area (Å²) in [4.78, 5) is 49.4. The summed E-state index contributed by atoms with van der Waals surface area (Å²) >= 11 is 0. The van der Waals surface area contributed by atoms with Gasteiger partial charge in [-0.15, -0.1) is 0 Å². The molecule has 2 unspecified atom stereocenters. The Labute approximate surface area is 136 Å². The van der Waals surface area contributed by atoms with Gasteiger partial charge >= 0.3 is 11.7 Å². The quantitative estimate of drug-likeness (QED) is 0.493. The first-order valence-corrected chi connectivity index (χ1v) is 7.15. The Morgan fingerprint density at radius 3 is 2.58 bits per heavy atom. The Hall–Kier alpha value is -2.88. The molecule has 1 aliphatic heterocycles. The summed E-state index contributed by atoms with van der Waals surface area (Å²) in [6.07, 6.45) is 1.30. The predicted molar refractivity (Wildman–Crippen MR) is 81.8 cm³/mol. The van der Waals surface area contributed by atoms with Crippen molar-refractivity contribution in [1.29, 1.82) is 0 Å². The number of rotatable bonds is 5. The average Bonchev–Trinajstić information content (AvgIpc) is 2.48. The number of aromatic nitrogens is 2. The number of aliphatic hydroxyl groups excluding tert-OH is 1. The number of amides is 1. The molecule has 0 saturated carbocycles. The number of aliphatic carboxylic acids is 1. The van der Waals surface area contributed by atoms with Crippen molar-refractivity contribution in [2.75, 3.05) is 6.54 Å². The van der Waals surface area contributed by atoms with Gasteiger partial charge in [-0.1, -0.05) is 0 Å². The monoisotopic (exact) mass is 338 g/mol. The number of carbonyl (C=O) groups excluding carboxylic acids is 1. The Kier molecular flexibility index (Phi) is 4.88. The molecule has 1 aliphatic rings. The van der Waals surface area contributed by atoms with E-state index in [1.165, 1.54) is 31.1 Å². The Morgan fingerprint density at radius 1 is 1.29 bits per heavy atom. The van der Waals surface area contributed by atoms with E-state index in [0.717, 1.165) is 4.57 Å². The van der Waals surface area contributed by atoms with Gasteiger partial charge in [0.25, 0.3) is 11.5 Å². The van der Waals surface area contributed by atoms with Gasteiger partial charge in [0.1, 0.15) is 0 Å². The highest BCUT2D eigenvalue weighted by atomic mass is 16.4. The van der Waals surface area contributed by atoms with Crippen LogP contribution in [-0.2, 0) is 16.1 Å². The summed E-state index contributed by atoms with van der Waals surface area (Å²) in [5, 5.41) is 21.5. The minimum Gasteiger partial charge on any atom is -0.481 e. The van der Waals surface area contributed by atoms with Crippen LogP contribution in [0.15, 0.2) is 27.6 Å². The lowest BCUT2D eigenvalue weighted by molar-refractivity contribution is -0.144. The molecule has 10 nitrogen and oxygen atoms in total. The van der Waals surface area contributed by atoms with Crippen molar-refractivity contribution in [2.45, 2.75) is 26.7 Å². The molecular weight excluding hydrogens is 320 g/mol. The molecule has 2 atom stereocenters. The molecule has 0 spiro atoms. The van der Waals surface area contributed by atoms with Gasteiger partial charge in [0.05, 0.1) is 5.92 Å². The molecule has 0 aromatic carbocycles. The van der Waals surface area contributed by atoms with Gasteiger partial charge in [-0.3, -0.25) is 23.9 Å². The third-order valence-electron chi connectivity index (χ3n) is 3.68. The summed E-state index contributed by atoms with van der Waals surface area (Å²) in [7, 11) is 0. The van der Waals surface area contributed by atoms with Crippen molar-refractivity contribution < 1.29 is 19.8 Å². The highest BCUT2D eigenvalue weighted by molar-refractivity contribution is 5.93. The van der Waals surface area contributed by atoms with E-state index in [0.29, 0.717) is 5.57 Å². The number of carboxylic acids is 1. The van der Waals surface area contributed by atoms with Gasteiger partial charge in [-0.05, 0) is 13.8 Å². The smallest absolute Gasteiger partial charge is 0.328 e. The molecule has 0 aliphatic carbocycles. The van der Waals surface area contributed by atoms with E-state index in [-0.39, 0.29) is 18.7 Å². The molecule has 130 valence electrons. The number of aryl methyl sites for hydroxylation is 1. The molecular formula is C14H18N4O6. The highest BCUT2D eigenvalue weighted by Crippen LogP contribution is 2.12. The van der Waals surface area contributed by atoms with E-state index >= 15 is 0 Å². The number of hydrogen-bond donors (Lipinski definition) is 4. The first-order valence-electron chi connectivity index (χ1n) is 7.15. The van der Waals surface area contributed by atoms with Crippen LogP contribution in [0.4, 0.5) is 0 Å². The van der Waals surface area contributed by atoms with Gasteiger partial charge < -0.3 is 20.4 Å². The van der Waals surface area contributed by atoms with Crippen LogP contribution in [0.5, 0.6) is 0 Å². The molecule has 2 rings (SSSR count). The second kappa shape index (κ2) is 6.71. The molecule has 0 fully saturated rings. The third kappa shape index (κ3) is 3.71. The molecule has 0 bridgehead atoms. The van der Waals surface area contributed by atoms with Gasteiger partial charge in [0, 0.05) is 36.6 Å². The van der Waals surface area contributed by atoms with E-state index in [4.69, 9.17) is 0 Å². The first kappa shape index (κ1) is 17.5. The zero-order chi connectivity index (χ0) is 18.0. The lowest BCUT2D eigenvalue weighted by atomic mass is 10.1. The number of hydrogen-bond acceptors (Lipinski definition) is 6. The van der Waals surface area contributed by atoms with Gasteiger partial charge in [-0.2, -0.15) is 0 Å². The molecule has 24 heavy (non-hydrogen) atoms. The topological polar surface area (TPSA) is 145 Å². The van der Waals surface area contributed by atoms with E-state index in [1.807, 2.05) is 0 Å². The first-order chi connectivity index (χ1) is 11.2. The molecule has 0 saturated heterocycles. The van der Waals surface area contributed by atoms with E-state index in [2.05, 4.69) is 10.3 Å². The van der Waals surface area contributed by atoms with Crippen LogP contribution < -0.4 is 16.6 Å². The second-order valence-electron chi connectivity index (χ2n) is 5.61. The Morgan fingerprint density at radius 2 is 1.96 bits per heavy atom. The molecule has 10 heteroatoms. The summed E-state index contributed by atoms with van der Waals surface area (Å²) in [6, 6.07) is 0. The number of nitrogens with one attached hydrogen (secondary N) is 2.